The van der Waals surface area contributed by atoms with Crippen LogP contribution in [0.4, 0.5) is 0 Å². The summed E-state index contributed by atoms with van der Waals surface area (Å²) in [6.07, 6.45) is 14.3. The summed E-state index contributed by atoms with van der Waals surface area (Å²) in [5.74, 6) is -0.766. The van der Waals surface area contributed by atoms with E-state index in [1.165, 1.54) is 25.7 Å². The van der Waals surface area contributed by atoms with E-state index in [1.54, 1.807) is 0 Å². The standard InChI is InChI=1S/C24H36O5/c1-23(12-13-23)10-6-2-4-8-18-16-19(21(27)22(28)20(18)26)9-5-3-7-11-24(14-15-24)29-17-25/h16-17,26-28H,2-15H2,1H3. The largest absolute Gasteiger partial charge is 0.504 e. The van der Waals surface area contributed by atoms with Crippen molar-refractivity contribution in [2.75, 3.05) is 0 Å². The Morgan fingerprint density at radius 3 is 1.86 bits per heavy atom. The van der Waals surface area contributed by atoms with Crippen molar-refractivity contribution in [3.05, 3.63) is 17.2 Å². The van der Waals surface area contributed by atoms with Crippen molar-refractivity contribution >= 4 is 6.47 Å². The van der Waals surface area contributed by atoms with E-state index in [-0.39, 0.29) is 22.8 Å². The minimum Gasteiger partial charge on any atom is -0.504 e. The van der Waals surface area contributed by atoms with Gasteiger partial charge in [-0.15, -0.1) is 0 Å². The molecular formula is C24H36O5. The summed E-state index contributed by atoms with van der Waals surface area (Å²) in [6.45, 7) is 2.90. The fourth-order valence-electron chi connectivity index (χ4n) is 4.26. The van der Waals surface area contributed by atoms with Gasteiger partial charge < -0.3 is 20.1 Å². The van der Waals surface area contributed by atoms with E-state index in [2.05, 4.69) is 6.92 Å². The third-order valence-corrected chi connectivity index (χ3v) is 6.92. The first-order valence-corrected chi connectivity index (χ1v) is 11.3. The molecule has 0 spiro atoms. The second-order valence-electron chi connectivity index (χ2n) is 9.57. The van der Waals surface area contributed by atoms with Gasteiger partial charge in [0.25, 0.3) is 6.47 Å². The third kappa shape index (κ3) is 6.03. The van der Waals surface area contributed by atoms with Gasteiger partial charge in [-0.25, -0.2) is 0 Å². The molecule has 3 N–H and O–H groups in total. The number of unbranched alkanes of at least 4 members (excludes halogenated alkanes) is 4. The molecule has 1 aromatic rings. The topological polar surface area (TPSA) is 87.0 Å². The van der Waals surface area contributed by atoms with Crippen molar-refractivity contribution < 1.29 is 24.9 Å². The molecular weight excluding hydrogens is 368 g/mol. The molecule has 0 unspecified atom stereocenters. The highest BCUT2D eigenvalue weighted by atomic mass is 16.5. The lowest BCUT2D eigenvalue weighted by Crippen LogP contribution is -2.12. The Morgan fingerprint density at radius 2 is 1.38 bits per heavy atom. The predicted molar refractivity (Wildman–Crippen MR) is 112 cm³/mol. The van der Waals surface area contributed by atoms with Gasteiger partial charge in [-0.05, 0) is 93.2 Å². The molecule has 0 atom stereocenters. The molecule has 0 aromatic heterocycles. The van der Waals surface area contributed by atoms with Crippen molar-refractivity contribution in [2.45, 2.75) is 102 Å². The van der Waals surface area contributed by atoms with Crippen LogP contribution in [0, 0.1) is 5.41 Å². The van der Waals surface area contributed by atoms with Crippen molar-refractivity contribution in [3.63, 3.8) is 0 Å². The van der Waals surface area contributed by atoms with Crippen LogP contribution in [0.15, 0.2) is 6.07 Å². The van der Waals surface area contributed by atoms with Crippen LogP contribution in [0.5, 0.6) is 17.2 Å². The zero-order valence-corrected chi connectivity index (χ0v) is 17.7. The normalized spacial score (nSPS) is 18.4. The molecule has 0 saturated heterocycles. The lowest BCUT2D eigenvalue weighted by molar-refractivity contribution is -0.135. The second kappa shape index (κ2) is 9.27. The van der Waals surface area contributed by atoms with E-state index >= 15 is 0 Å². The highest BCUT2D eigenvalue weighted by Gasteiger charge is 2.44. The number of ether oxygens (including phenoxy) is 1. The molecule has 0 amide bonds. The van der Waals surface area contributed by atoms with Crippen LogP contribution < -0.4 is 0 Å². The van der Waals surface area contributed by atoms with E-state index < -0.39 is 0 Å². The highest BCUT2D eigenvalue weighted by Crippen LogP contribution is 2.49. The first-order chi connectivity index (χ1) is 13.9. The quantitative estimate of drug-likeness (QED) is 0.216. The second-order valence-corrected chi connectivity index (χ2v) is 9.57. The summed E-state index contributed by atoms with van der Waals surface area (Å²) in [5, 5.41) is 30.5. The number of rotatable bonds is 14. The van der Waals surface area contributed by atoms with Crippen LogP contribution >= 0.6 is 0 Å². The van der Waals surface area contributed by atoms with Gasteiger partial charge in [0, 0.05) is 0 Å². The van der Waals surface area contributed by atoms with E-state index in [0.717, 1.165) is 63.4 Å². The van der Waals surface area contributed by atoms with Crippen LogP contribution in [0.3, 0.4) is 0 Å². The number of benzene rings is 1. The number of phenolic OH excluding ortho intramolecular Hbond substituents is 3. The number of hydrogen-bond acceptors (Lipinski definition) is 5. The van der Waals surface area contributed by atoms with Gasteiger partial charge in [0.15, 0.2) is 11.5 Å². The van der Waals surface area contributed by atoms with Crippen molar-refractivity contribution in [2.24, 2.45) is 5.41 Å². The molecule has 0 bridgehead atoms. The molecule has 0 heterocycles. The number of aromatic hydroxyl groups is 3. The van der Waals surface area contributed by atoms with Crippen LogP contribution in [0.1, 0.15) is 95.1 Å². The number of phenols is 3. The lowest BCUT2D eigenvalue weighted by atomic mass is 9.96. The summed E-state index contributed by atoms with van der Waals surface area (Å²) in [7, 11) is 0. The Hall–Kier alpha value is -1.91. The molecule has 5 nitrogen and oxygen atoms in total. The lowest BCUT2D eigenvalue weighted by Gasteiger charge is -2.14. The Kier molecular flexibility index (Phi) is 6.97. The maximum atomic E-state index is 10.5. The minimum atomic E-state index is -0.390. The molecule has 5 heteroatoms. The first-order valence-electron chi connectivity index (χ1n) is 11.3. The molecule has 0 aliphatic heterocycles. The first kappa shape index (κ1) is 21.8. The van der Waals surface area contributed by atoms with Gasteiger partial charge in [-0.1, -0.05) is 26.2 Å². The van der Waals surface area contributed by atoms with Crippen LogP contribution in [-0.2, 0) is 22.4 Å². The van der Waals surface area contributed by atoms with Crippen molar-refractivity contribution in [1.82, 2.24) is 0 Å². The summed E-state index contributed by atoms with van der Waals surface area (Å²) in [4.78, 5) is 10.5. The van der Waals surface area contributed by atoms with Crippen molar-refractivity contribution in [3.8, 4) is 17.2 Å². The number of carbonyl (C=O) groups excluding carboxylic acids is 1. The van der Waals surface area contributed by atoms with E-state index in [9.17, 15) is 20.1 Å². The summed E-state index contributed by atoms with van der Waals surface area (Å²) in [6, 6.07) is 1.85. The zero-order chi connectivity index (χ0) is 20.9. The van der Waals surface area contributed by atoms with Gasteiger partial charge in [0.1, 0.15) is 5.60 Å². The van der Waals surface area contributed by atoms with Gasteiger partial charge in [0.2, 0.25) is 5.75 Å². The smallest absolute Gasteiger partial charge is 0.293 e. The number of aryl methyl sites for hydroxylation is 2. The minimum absolute atomic E-state index is 0.179. The van der Waals surface area contributed by atoms with E-state index in [0.29, 0.717) is 23.9 Å². The van der Waals surface area contributed by atoms with Gasteiger partial charge in [-0.2, -0.15) is 0 Å². The SMILES string of the molecule is CC1(CCCCCc2cc(CCCCCC3(OC=O)CC3)c(O)c(O)c2O)CC1. The van der Waals surface area contributed by atoms with E-state index in [1.807, 2.05) is 6.07 Å². The Morgan fingerprint density at radius 1 is 0.828 bits per heavy atom. The maximum Gasteiger partial charge on any atom is 0.293 e. The molecule has 1 aromatic carbocycles. The molecule has 3 rings (SSSR count). The molecule has 2 aliphatic rings. The number of carbonyl (C=O) groups is 1. The van der Waals surface area contributed by atoms with E-state index in [4.69, 9.17) is 4.74 Å². The zero-order valence-electron chi connectivity index (χ0n) is 17.7. The van der Waals surface area contributed by atoms with Crippen molar-refractivity contribution in [1.29, 1.82) is 0 Å². The van der Waals surface area contributed by atoms with Gasteiger partial charge >= 0.3 is 0 Å². The fraction of sp³-hybridized carbons (Fsp3) is 0.708. The Bertz CT molecular complexity index is 704. The third-order valence-electron chi connectivity index (χ3n) is 6.92. The van der Waals surface area contributed by atoms with Gasteiger partial charge in [-0.3, -0.25) is 4.79 Å². The molecule has 162 valence electrons. The van der Waals surface area contributed by atoms with Gasteiger partial charge in [0.05, 0.1) is 0 Å². The highest BCUT2D eigenvalue weighted by molar-refractivity contribution is 5.57. The average molecular weight is 405 g/mol. The number of hydrogen-bond donors (Lipinski definition) is 3. The molecule has 2 fully saturated rings. The summed E-state index contributed by atoms with van der Waals surface area (Å²) < 4.78 is 5.16. The molecule has 29 heavy (non-hydrogen) atoms. The molecule has 2 aliphatic carbocycles. The van der Waals surface area contributed by atoms with Crippen LogP contribution in [-0.4, -0.2) is 27.4 Å². The Labute approximate surface area is 174 Å². The Balaban J connectivity index is 1.43. The summed E-state index contributed by atoms with van der Waals surface area (Å²) >= 11 is 0. The van der Waals surface area contributed by atoms with Crippen LogP contribution in [0.2, 0.25) is 0 Å². The van der Waals surface area contributed by atoms with Crippen LogP contribution in [0.25, 0.3) is 0 Å². The molecule has 0 radical (unpaired) electrons. The monoisotopic (exact) mass is 404 g/mol. The molecule has 2 saturated carbocycles. The fourth-order valence-corrected chi connectivity index (χ4v) is 4.26. The maximum absolute atomic E-state index is 10.5. The summed E-state index contributed by atoms with van der Waals surface area (Å²) in [5.41, 5.74) is 1.81. The predicted octanol–water partition coefficient (Wildman–Crippen LogP) is 5.51. The average Bonchev–Trinajstić information content (AvgIpc) is 3.62.